The van der Waals surface area contributed by atoms with Crippen molar-refractivity contribution in [2.75, 3.05) is 0 Å². The summed E-state index contributed by atoms with van der Waals surface area (Å²) in [5.74, 6) is 0.0407. The highest BCUT2D eigenvalue weighted by Crippen LogP contribution is 2.20. The van der Waals surface area contributed by atoms with Crippen LogP contribution in [0.5, 0.6) is 0 Å². The number of alkyl halides is 1. The summed E-state index contributed by atoms with van der Waals surface area (Å²) < 4.78 is 0. The molecule has 0 fully saturated rings. The smallest absolute Gasteiger partial charge is 0.0710 e. The Morgan fingerprint density at radius 1 is 1.54 bits per heavy atom. The molecule has 0 aromatic heterocycles. The zero-order chi connectivity index (χ0) is 9.68. The van der Waals surface area contributed by atoms with Crippen LogP contribution in [0.3, 0.4) is 0 Å². The van der Waals surface area contributed by atoms with E-state index in [0.29, 0.717) is 0 Å². The molecule has 0 N–H and O–H groups in total. The second-order valence-electron chi connectivity index (χ2n) is 2.97. The quantitative estimate of drug-likeness (QED) is 0.738. The van der Waals surface area contributed by atoms with Crippen LogP contribution in [0.2, 0.25) is 0 Å². The van der Waals surface area contributed by atoms with Crippen molar-refractivity contribution in [3.8, 4) is 6.07 Å². The number of nitriles is 1. The first-order valence-electron chi connectivity index (χ1n) is 4.36. The van der Waals surface area contributed by atoms with Gasteiger partial charge in [-0.2, -0.15) is 5.26 Å². The first kappa shape index (κ1) is 10.3. The number of hydrogen-bond acceptors (Lipinski definition) is 1. The van der Waals surface area contributed by atoms with E-state index in [4.69, 9.17) is 5.26 Å². The number of halogens is 1. The lowest BCUT2D eigenvalue weighted by molar-refractivity contribution is 0.817. The molecule has 0 spiro atoms. The van der Waals surface area contributed by atoms with Crippen molar-refractivity contribution < 1.29 is 0 Å². The minimum Gasteiger partial charge on any atom is -0.198 e. The third-order valence-corrected chi connectivity index (χ3v) is 2.72. The Hall–Kier alpha value is -0.810. The maximum Gasteiger partial charge on any atom is 0.0710 e. The van der Waals surface area contributed by atoms with Crippen LogP contribution in [-0.2, 0) is 5.33 Å². The van der Waals surface area contributed by atoms with Gasteiger partial charge >= 0.3 is 0 Å². The van der Waals surface area contributed by atoms with E-state index in [1.807, 2.05) is 19.1 Å². The molecule has 1 rings (SSSR count). The van der Waals surface area contributed by atoms with E-state index >= 15 is 0 Å². The molecule has 0 saturated heterocycles. The van der Waals surface area contributed by atoms with Crippen molar-refractivity contribution in [1.82, 2.24) is 0 Å². The molecule has 1 aromatic rings. The summed E-state index contributed by atoms with van der Waals surface area (Å²) in [7, 11) is 0. The van der Waals surface area contributed by atoms with Crippen LogP contribution in [0.1, 0.15) is 30.4 Å². The van der Waals surface area contributed by atoms with E-state index < -0.39 is 0 Å². The van der Waals surface area contributed by atoms with Gasteiger partial charge in [0, 0.05) is 5.33 Å². The Labute approximate surface area is 87.5 Å². The standard InChI is InChI=1S/C11H12BrN/c1-2-10(8-13)11-5-3-4-9(6-11)7-12/h3-6,10H,2,7H2,1H3. The molecule has 1 nitrogen and oxygen atoms in total. The summed E-state index contributed by atoms with van der Waals surface area (Å²) in [6.07, 6.45) is 0.877. The predicted molar refractivity (Wildman–Crippen MR) is 57.7 cm³/mol. The molecule has 13 heavy (non-hydrogen) atoms. The molecule has 0 amide bonds. The van der Waals surface area contributed by atoms with E-state index in [0.717, 1.165) is 17.3 Å². The molecule has 0 heterocycles. The van der Waals surface area contributed by atoms with Crippen LogP contribution in [0, 0.1) is 11.3 Å². The molecule has 1 unspecified atom stereocenters. The highest BCUT2D eigenvalue weighted by molar-refractivity contribution is 9.08. The molecule has 0 aliphatic heterocycles. The van der Waals surface area contributed by atoms with Gasteiger partial charge in [0.25, 0.3) is 0 Å². The maximum absolute atomic E-state index is 8.88. The Bertz CT molecular complexity index is 314. The summed E-state index contributed by atoms with van der Waals surface area (Å²) >= 11 is 3.40. The fourth-order valence-corrected chi connectivity index (χ4v) is 1.64. The van der Waals surface area contributed by atoms with E-state index in [-0.39, 0.29) is 5.92 Å². The molecular formula is C11H12BrN. The van der Waals surface area contributed by atoms with Crippen molar-refractivity contribution in [3.63, 3.8) is 0 Å². The number of nitrogens with zero attached hydrogens (tertiary/aromatic N) is 1. The summed E-state index contributed by atoms with van der Waals surface area (Å²) in [5, 5.41) is 9.73. The van der Waals surface area contributed by atoms with Crippen LogP contribution in [-0.4, -0.2) is 0 Å². The lowest BCUT2D eigenvalue weighted by Gasteiger charge is -2.06. The average Bonchev–Trinajstić information content (AvgIpc) is 2.20. The highest BCUT2D eigenvalue weighted by Gasteiger charge is 2.07. The average molecular weight is 238 g/mol. The maximum atomic E-state index is 8.88. The summed E-state index contributed by atoms with van der Waals surface area (Å²) in [6.45, 7) is 2.04. The van der Waals surface area contributed by atoms with Gasteiger partial charge in [0.15, 0.2) is 0 Å². The number of benzene rings is 1. The number of hydrogen-bond donors (Lipinski definition) is 0. The van der Waals surface area contributed by atoms with Gasteiger partial charge in [0.2, 0.25) is 0 Å². The lowest BCUT2D eigenvalue weighted by atomic mass is 9.97. The number of rotatable bonds is 3. The molecule has 0 saturated carbocycles. The SMILES string of the molecule is CCC(C#N)c1cccc(CBr)c1. The normalized spacial score (nSPS) is 12.1. The highest BCUT2D eigenvalue weighted by atomic mass is 79.9. The Morgan fingerprint density at radius 2 is 2.31 bits per heavy atom. The molecule has 0 aliphatic rings. The van der Waals surface area contributed by atoms with Gasteiger partial charge in [-0.15, -0.1) is 0 Å². The third kappa shape index (κ3) is 2.57. The zero-order valence-corrected chi connectivity index (χ0v) is 9.21. The van der Waals surface area contributed by atoms with Crippen LogP contribution >= 0.6 is 15.9 Å². The molecule has 1 atom stereocenters. The third-order valence-electron chi connectivity index (χ3n) is 2.07. The molecule has 0 bridgehead atoms. The Morgan fingerprint density at radius 3 is 2.85 bits per heavy atom. The Balaban J connectivity index is 2.94. The monoisotopic (exact) mass is 237 g/mol. The van der Waals surface area contributed by atoms with E-state index in [1.54, 1.807) is 0 Å². The van der Waals surface area contributed by atoms with Gasteiger partial charge in [-0.1, -0.05) is 47.1 Å². The van der Waals surface area contributed by atoms with Crippen LogP contribution in [0.4, 0.5) is 0 Å². The van der Waals surface area contributed by atoms with E-state index in [2.05, 4.69) is 34.1 Å². The van der Waals surface area contributed by atoms with Gasteiger partial charge in [-0.3, -0.25) is 0 Å². The molecule has 0 aliphatic carbocycles. The summed E-state index contributed by atoms with van der Waals surface area (Å²) in [4.78, 5) is 0. The minimum absolute atomic E-state index is 0.0407. The van der Waals surface area contributed by atoms with Gasteiger partial charge in [-0.05, 0) is 17.5 Å². The van der Waals surface area contributed by atoms with Crippen molar-refractivity contribution in [1.29, 1.82) is 5.26 Å². The van der Waals surface area contributed by atoms with Crippen LogP contribution in [0.25, 0.3) is 0 Å². The van der Waals surface area contributed by atoms with Gasteiger partial charge < -0.3 is 0 Å². The molecule has 0 radical (unpaired) electrons. The van der Waals surface area contributed by atoms with Gasteiger partial charge in [0.1, 0.15) is 0 Å². The second-order valence-corrected chi connectivity index (χ2v) is 3.53. The summed E-state index contributed by atoms with van der Waals surface area (Å²) in [5.41, 5.74) is 2.35. The zero-order valence-electron chi connectivity index (χ0n) is 7.63. The lowest BCUT2D eigenvalue weighted by Crippen LogP contribution is -1.94. The predicted octanol–water partition coefficient (Wildman–Crippen LogP) is 3.60. The van der Waals surface area contributed by atoms with Crippen molar-refractivity contribution in [2.24, 2.45) is 0 Å². The first-order valence-corrected chi connectivity index (χ1v) is 5.48. The largest absolute Gasteiger partial charge is 0.198 e. The van der Waals surface area contributed by atoms with Gasteiger partial charge in [0.05, 0.1) is 12.0 Å². The van der Waals surface area contributed by atoms with Crippen LogP contribution in [0.15, 0.2) is 24.3 Å². The van der Waals surface area contributed by atoms with Crippen molar-refractivity contribution in [3.05, 3.63) is 35.4 Å². The second kappa shape index (κ2) is 5.04. The first-order chi connectivity index (χ1) is 6.31. The van der Waals surface area contributed by atoms with Crippen molar-refractivity contribution >= 4 is 15.9 Å². The van der Waals surface area contributed by atoms with E-state index in [9.17, 15) is 0 Å². The molecule has 1 aromatic carbocycles. The molecule has 68 valence electrons. The van der Waals surface area contributed by atoms with Gasteiger partial charge in [-0.25, -0.2) is 0 Å². The Kier molecular flexibility index (Phi) is 3.98. The van der Waals surface area contributed by atoms with Crippen molar-refractivity contribution in [2.45, 2.75) is 24.6 Å². The summed E-state index contributed by atoms with van der Waals surface area (Å²) in [6, 6.07) is 10.5. The fourth-order valence-electron chi connectivity index (χ4n) is 1.29. The minimum atomic E-state index is 0.0407. The topological polar surface area (TPSA) is 23.8 Å². The molecule has 2 heteroatoms. The van der Waals surface area contributed by atoms with E-state index in [1.165, 1.54) is 5.56 Å². The van der Waals surface area contributed by atoms with Crippen LogP contribution < -0.4 is 0 Å². The fraction of sp³-hybridized carbons (Fsp3) is 0.364. The molecular weight excluding hydrogens is 226 g/mol.